The normalized spacial score (nSPS) is 20.9. The summed E-state index contributed by atoms with van der Waals surface area (Å²) < 4.78 is 7.05. The number of thiazole rings is 1. The number of para-hydroxylation sites is 1. The van der Waals surface area contributed by atoms with Crippen LogP contribution in [0, 0.1) is 11.8 Å². The van der Waals surface area contributed by atoms with Crippen LogP contribution < -0.4 is 4.74 Å². The van der Waals surface area contributed by atoms with Crippen LogP contribution in [0.5, 0.6) is 10.9 Å². The Labute approximate surface area is 173 Å². The maximum Gasteiger partial charge on any atom is 0.306 e. The Morgan fingerprint density at radius 3 is 2.66 bits per heavy atom. The maximum absolute atomic E-state index is 11.1. The summed E-state index contributed by atoms with van der Waals surface area (Å²) in [5.41, 5.74) is 2.24. The molecule has 0 amide bonds. The lowest BCUT2D eigenvalue weighted by molar-refractivity contribution is -0.138. The summed E-state index contributed by atoms with van der Waals surface area (Å²) in [6.07, 6.45) is 4.32. The molecule has 2 saturated carbocycles. The fraction of sp³-hybridized carbons (Fsp3) is 0.391. The zero-order chi connectivity index (χ0) is 19.8. The second-order valence-corrected chi connectivity index (χ2v) is 9.10. The average Bonchev–Trinajstić information content (AvgIpc) is 3.63. The number of ether oxygens (including phenoxy) is 1. The first-order valence-electron chi connectivity index (χ1n) is 10.2. The number of carboxylic acid groups (broad SMARTS) is 1. The highest BCUT2D eigenvalue weighted by Gasteiger charge is 2.45. The molecule has 2 atom stereocenters. The van der Waals surface area contributed by atoms with Crippen molar-refractivity contribution in [3.63, 3.8) is 0 Å². The fourth-order valence-electron chi connectivity index (χ4n) is 3.91. The first kappa shape index (κ1) is 18.6. The molecule has 5 rings (SSSR count). The summed E-state index contributed by atoms with van der Waals surface area (Å²) in [5, 5.41) is 9.80. The SMILES string of the molecule is O=C(O)C1CC1CN(CCc1ccc(Oc2nc3ccccc3s2)cc1)C1CC1. The van der Waals surface area contributed by atoms with E-state index in [1.165, 1.54) is 18.4 Å². The number of aliphatic carboxylic acids is 1. The summed E-state index contributed by atoms with van der Waals surface area (Å²) in [4.78, 5) is 18.1. The minimum Gasteiger partial charge on any atom is -0.481 e. The fourth-order valence-corrected chi connectivity index (χ4v) is 4.74. The lowest BCUT2D eigenvalue weighted by atomic mass is 10.1. The molecule has 2 fully saturated rings. The number of rotatable bonds is 9. The minimum atomic E-state index is -0.630. The van der Waals surface area contributed by atoms with Crippen molar-refractivity contribution in [1.82, 2.24) is 9.88 Å². The van der Waals surface area contributed by atoms with Crippen molar-refractivity contribution in [2.45, 2.75) is 31.7 Å². The largest absolute Gasteiger partial charge is 0.481 e. The Morgan fingerprint density at radius 1 is 1.17 bits per heavy atom. The Kier molecular flexibility index (Phi) is 4.97. The molecule has 5 nitrogen and oxygen atoms in total. The van der Waals surface area contributed by atoms with Crippen molar-refractivity contribution >= 4 is 27.5 Å². The van der Waals surface area contributed by atoms with Crippen molar-refractivity contribution in [2.75, 3.05) is 13.1 Å². The van der Waals surface area contributed by atoms with Gasteiger partial charge in [-0.3, -0.25) is 9.69 Å². The molecule has 0 radical (unpaired) electrons. The molecular weight excluding hydrogens is 384 g/mol. The monoisotopic (exact) mass is 408 g/mol. The van der Waals surface area contributed by atoms with Gasteiger partial charge in [0.15, 0.2) is 0 Å². The Hall–Kier alpha value is -2.44. The molecule has 2 aliphatic rings. The molecule has 150 valence electrons. The second-order valence-electron chi connectivity index (χ2n) is 8.11. The molecule has 0 aliphatic heterocycles. The van der Waals surface area contributed by atoms with Gasteiger partial charge in [0.1, 0.15) is 5.75 Å². The third-order valence-electron chi connectivity index (χ3n) is 5.86. The average molecular weight is 409 g/mol. The highest BCUT2D eigenvalue weighted by molar-refractivity contribution is 7.20. The first-order valence-corrected chi connectivity index (χ1v) is 11.1. The van der Waals surface area contributed by atoms with Crippen LogP contribution in [0.1, 0.15) is 24.8 Å². The number of benzene rings is 2. The van der Waals surface area contributed by atoms with E-state index in [1.54, 1.807) is 11.3 Å². The van der Waals surface area contributed by atoms with Crippen molar-refractivity contribution in [3.05, 3.63) is 54.1 Å². The van der Waals surface area contributed by atoms with Crippen LogP contribution in [0.15, 0.2) is 48.5 Å². The molecule has 2 unspecified atom stereocenters. The predicted molar refractivity (Wildman–Crippen MR) is 114 cm³/mol. The van der Waals surface area contributed by atoms with Crippen LogP contribution in [0.4, 0.5) is 0 Å². The molecule has 1 aromatic heterocycles. The van der Waals surface area contributed by atoms with Crippen LogP contribution in [-0.4, -0.2) is 40.1 Å². The Bertz CT molecular complexity index is 979. The van der Waals surface area contributed by atoms with Gasteiger partial charge in [-0.25, -0.2) is 4.98 Å². The zero-order valence-electron chi connectivity index (χ0n) is 16.2. The minimum absolute atomic E-state index is 0.116. The molecule has 2 aromatic carbocycles. The van der Waals surface area contributed by atoms with Crippen LogP contribution >= 0.6 is 11.3 Å². The van der Waals surface area contributed by atoms with Crippen LogP contribution in [0.2, 0.25) is 0 Å². The number of aromatic nitrogens is 1. The summed E-state index contributed by atoms with van der Waals surface area (Å²) in [6, 6.07) is 16.9. The number of hydrogen-bond acceptors (Lipinski definition) is 5. The highest BCUT2D eigenvalue weighted by Crippen LogP contribution is 2.41. The number of carboxylic acids is 1. The van der Waals surface area contributed by atoms with Gasteiger partial charge in [0.05, 0.1) is 16.1 Å². The van der Waals surface area contributed by atoms with E-state index in [0.717, 1.165) is 41.9 Å². The molecule has 2 aliphatic carbocycles. The van der Waals surface area contributed by atoms with Gasteiger partial charge < -0.3 is 9.84 Å². The van der Waals surface area contributed by atoms with Crippen LogP contribution in [-0.2, 0) is 11.2 Å². The third kappa shape index (κ3) is 4.43. The maximum atomic E-state index is 11.1. The van der Waals surface area contributed by atoms with Gasteiger partial charge in [-0.15, -0.1) is 0 Å². The smallest absolute Gasteiger partial charge is 0.306 e. The lowest BCUT2D eigenvalue weighted by Gasteiger charge is -2.22. The lowest BCUT2D eigenvalue weighted by Crippen LogP contribution is -2.31. The van der Waals surface area contributed by atoms with E-state index >= 15 is 0 Å². The number of hydrogen-bond donors (Lipinski definition) is 1. The second kappa shape index (κ2) is 7.76. The third-order valence-corrected chi connectivity index (χ3v) is 6.78. The molecule has 1 N–H and O–H groups in total. The van der Waals surface area contributed by atoms with Gasteiger partial charge >= 0.3 is 5.97 Å². The molecule has 3 aromatic rings. The number of carbonyl (C=O) groups is 1. The summed E-state index contributed by atoms with van der Waals surface area (Å²) in [7, 11) is 0. The molecule has 0 spiro atoms. The van der Waals surface area contributed by atoms with Gasteiger partial charge in [-0.2, -0.15) is 0 Å². The van der Waals surface area contributed by atoms with Crippen molar-refractivity contribution in [3.8, 4) is 10.9 Å². The standard InChI is InChI=1S/C23H24N2O3S/c26-22(27)19-13-16(19)14-25(17-7-8-17)12-11-15-5-9-18(10-6-15)28-23-24-20-3-1-2-4-21(20)29-23/h1-6,9-10,16-17,19H,7-8,11-14H2,(H,26,27). The quantitative estimate of drug-likeness (QED) is 0.550. The molecule has 0 saturated heterocycles. The zero-order valence-corrected chi connectivity index (χ0v) is 17.0. The summed E-state index contributed by atoms with van der Waals surface area (Å²) in [6.45, 7) is 1.92. The van der Waals surface area contributed by atoms with E-state index in [4.69, 9.17) is 9.84 Å². The Morgan fingerprint density at radius 2 is 1.97 bits per heavy atom. The van der Waals surface area contributed by atoms with Gasteiger partial charge in [-0.1, -0.05) is 35.6 Å². The van der Waals surface area contributed by atoms with Crippen LogP contribution in [0.3, 0.4) is 0 Å². The van der Waals surface area contributed by atoms with Crippen LogP contribution in [0.25, 0.3) is 10.2 Å². The molecule has 0 bridgehead atoms. The van der Waals surface area contributed by atoms with Gasteiger partial charge in [0.2, 0.25) is 0 Å². The van der Waals surface area contributed by atoms with E-state index in [0.29, 0.717) is 17.2 Å². The Balaban J connectivity index is 1.16. The van der Waals surface area contributed by atoms with E-state index in [-0.39, 0.29) is 5.92 Å². The highest BCUT2D eigenvalue weighted by atomic mass is 32.1. The topological polar surface area (TPSA) is 62.7 Å². The van der Waals surface area contributed by atoms with Crippen molar-refractivity contribution in [2.24, 2.45) is 11.8 Å². The molecule has 29 heavy (non-hydrogen) atoms. The molecular formula is C23H24N2O3S. The van der Waals surface area contributed by atoms with E-state index in [9.17, 15) is 4.79 Å². The van der Waals surface area contributed by atoms with E-state index in [2.05, 4.69) is 28.1 Å². The molecule has 1 heterocycles. The number of nitrogens with zero attached hydrogens (tertiary/aromatic N) is 2. The summed E-state index contributed by atoms with van der Waals surface area (Å²) >= 11 is 1.55. The van der Waals surface area contributed by atoms with E-state index < -0.39 is 5.97 Å². The predicted octanol–water partition coefficient (Wildman–Crippen LogP) is 4.82. The first-order chi connectivity index (χ1) is 14.2. The number of fused-ring (bicyclic) bond motifs is 1. The summed E-state index contributed by atoms with van der Waals surface area (Å²) in [5.74, 6) is 0.400. The molecule has 6 heteroatoms. The van der Waals surface area contributed by atoms with Gasteiger partial charge in [0, 0.05) is 19.1 Å². The van der Waals surface area contributed by atoms with Crippen molar-refractivity contribution < 1.29 is 14.6 Å². The van der Waals surface area contributed by atoms with Gasteiger partial charge in [-0.05, 0) is 61.4 Å². The van der Waals surface area contributed by atoms with Gasteiger partial charge in [0.25, 0.3) is 5.19 Å². The van der Waals surface area contributed by atoms with Crippen molar-refractivity contribution in [1.29, 1.82) is 0 Å². The van der Waals surface area contributed by atoms with E-state index in [1.807, 2.05) is 30.3 Å².